The van der Waals surface area contributed by atoms with E-state index >= 15 is 0 Å². The Morgan fingerprint density at radius 1 is 1.44 bits per heavy atom. The van der Waals surface area contributed by atoms with Gasteiger partial charge in [0.25, 0.3) is 0 Å². The van der Waals surface area contributed by atoms with Crippen LogP contribution in [0.1, 0.15) is 29.9 Å². The molecule has 18 heavy (non-hydrogen) atoms. The Labute approximate surface area is 106 Å². The number of likely N-dealkylation sites (N-methyl/N-ethyl adjacent to an activating group) is 1. The first-order valence-corrected chi connectivity index (χ1v) is 6.18. The maximum absolute atomic E-state index is 13.1. The second-order valence-electron chi connectivity index (χ2n) is 4.35. The Morgan fingerprint density at radius 2 is 2.28 bits per heavy atom. The number of imidazole rings is 1. The van der Waals surface area contributed by atoms with Crippen molar-refractivity contribution in [1.82, 2.24) is 15.3 Å². The fraction of sp³-hybridized carbons (Fsp3) is 0.357. The maximum atomic E-state index is 13.1. The van der Waals surface area contributed by atoms with Gasteiger partial charge in [-0.05, 0) is 36.7 Å². The molecule has 1 aromatic carbocycles. The lowest BCUT2D eigenvalue weighted by Crippen LogP contribution is -2.24. The molecule has 1 unspecified atom stereocenters. The highest BCUT2D eigenvalue weighted by Crippen LogP contribution is 2.21. The lowest BCUT2D eigenvalue weighted by atomic mass is 9.98. The number of nitrogens with one attached hydrogen (secondary N) is 2. The highest BCUT2D eigenvalue weighted by atomic mass is 19.1. The summed E-state index contributed by atoms with van der Waals surface area (Å²) in [5.74, 6) is 0.745. The van der Waals surface area contributed by atoms with Crippen molar-refractivity contribution in [3.63, 3.8) is 0 Å². The molecule has 1 atom stereocenters. The first kappa shape index (κ1) is 12.8. The van der Waals surface area contributed by atoms with Crippen LogP contribution in [0, 0.1) is 12.7 Å². The minimum absolute atomic E-state index is 0.154. The summed E-state index contributed by atoms with van der Waals surface area (Å²) in [6.07, 6.45) is 4.33. The minimum atomic E-state index is -0.190. The van der Waals surface area contributed by atoms with E-state index in [0.717, 1.165) is 29.9 Å². The lowest BCUT2D eigenvalue weighted by Gasteiger charge is -2.19. The van der Waals surface area contributed by atoms with Crippen molar-refractivity contribution in [3.8, 4) is 0 Å². The summed E-state index contributed by atoms with van der Waals surface area (Å²) < 4.78 is 13.1. The molecule has 1 aromatic heterocycles. The first-order chi connectivity index (χ1) is 8.70. The van der Waals surface area contributed by atoms with E-state index in [1.54, 1.807) is 12.3 Å². The van der Waals surface area contributed by atoms with Crippen molar-refractivity contribution in [2.45, 2.75) is 26.3 Å². The maximum Gasteiger partial charge on any atom is 0.123 e. The van der Waals surface area contributed by atoms with Crippen LogP contribution >= 0.6 is 0 Å². The molecule has 0 saturated carbocycles. The minimum Gasteiger partial charge on any atom is -0.349 e. The van der Waals surface area contributed by atoms with Crippen LogP contribution in [-0.4, -0.2) is 16.5 Å². The average molecular weight is 247 g/mol. The number of nitrogens with zero attached hydrogens (tertiary/aromatic N) is 1. The molecule has 0 spiro atoms. The van der Waals surface area contributed by atoms with Crippen molar-refractivity contribution in [3.05, 3.63) is 53.4 Å². The molecule has 0 bridgehead atoms. The predicted octanol–water partition coefficient (Wildman–Crippen LogP) is 2.75. The molecule has 0 amide bonds. The third-order valence-electron chi connectivity index (χ3n) is 3.01. The number of halogens is 1. The standard InChI is InChI=1S/C14H18FN3/c1-3-16-13(9-14-17-6-7-18-14)12-5-4-11(15)8-10(12)2/h4-8,13,16H,3,9H2,1-2H3,(H,17,18). The highest BCUT2D eigenvalue weighted by Gasteiger charge is 2.14. The molecule has 2 aromatic rings. The summed E-state index contributed by atoms with van der Waals surface area (Å²) in [6, 6.07) is 5.08. The van der Waals surface area contributed by atoms with E-state index in [1.165, 1.54) is 6.07 Å². The summed E-state index contributed by atoms with van der Waals surface area (Å²) in [6.45, 7) is 4.86. The molecule has 0 aliphatic carbocycles. The van der Waals surface area contributed by atoms with Crippen LogP contribution in [0.2, 0.25) is 0 Å². The van der Waals surface area contributed by atoms with E-state index in [1.807, 2.05) is 19.2 Å². The van der Waals surface area contributed by atoms with Crippen molar-refractivity contribution in [2.75, 3.05) is 6.54 Å². The molecular weight excluding hydrogens is 229 g/mol. The molecule has 2 N–H and O–H groups in total. The first-order valence-electron chi connectivity index (χ1n) is 6.18. The van der Waals surface area contributed by atoms with Gasteiger partial charge in [-0.25, -0.2) is 9.37 Å². The summed E-state index contributed by atoms with van der Waals surface area (Å²) in [5, 5.41) is 3.42. The third-order valence-corrected chi connectivity index (χ3v) is 3.01. The molecule has 0 radical (unpaired) electrons. The van der Waals surface area contributed by atoms with E-state index in [-0.39, 0.29) is 11.9 Å². The fourth-order valence-corrected chi connectivity index (χ4v) is 2.17. The average Bonchev–Trinajstić information content (AvgIpc) is 2.81. The van der Waals surface area contributed by atoms with E-state index in [0.29, 0.717) is 0 Å². The zero-order chi connectivity index (χ0) is 13.0. The Balaban J connectivity index is 2.23. The monoisotopic (exact) mass is 247 g/mol. The normalized spacial score (nSPS) is 12.6. The Morgan fingerprint density at radius 3 is 2.89 bits per heavy atom. The smallest absolute Gasteiger partial charge is 0.123 e. The summed E-state index contributed by atoms with van der Waals surface area (Å²) in [4.78, 5) is 7.34. The van der Waals surface area contributed by atoms with E-state index in [2.05, 4.69) is 22.2 Å². The summed E-state index contributed by atoms with van der Waals surface area (Å²) >= 11 is 0. The van der Waals surface area contributed by atoms with E-state index in [4.69, 9.17) is 0 Å². The van der Waals surface area contributed by atoms with Crippen LogP contribution < -0.4 is 5.32 Å². The van der Waals surface area contributed by atoms with Crippen LogP contribution in [0.5, 0.6) is 0 Å². The van der Waals surface area contributed by atoms with Crippen molar-refractivity contribution in [1.29, 1.82) is 0 Å². The van der Waals surface area contributed by atoms with Gasteiger partial charge in [0.05, 0.1) is 0 Å². The molecule has 4 heteroatoms. The van der Waals surface area contributed by atoms with E-state index < -0.39 is 0 Å². The van der Waals surface area contributed by atoms with E-state index in [9.17, 15) is 4.39 Å². The highest BCUT2D eigenvalue weighted by molar-refractivity contribution is 5.30. The van der Waals surface area contributed by atoms with Gasteiger partial charge in [0.1, 0.15) is 11.6 Å². The molecule has 3 nitrogen and oxygen atoms in total. The lowest BCUT2D eigenvalue weighted by molar-refractivity contribution is 0.534. The quantitative estimate of drug-likeness (QED) is 0.853. The Hall–Kier alpha value is -1.68. The SMILES string of the molecule is CCNC(Cc1ncc[nH]1)c1ccc(F)cc1C. The van der Waals surface area contributed by atoms with Crippen molar-refractivity contribution >= 4 is 0 Å². The molecule has 0 aliphatic rings. The van der Waals surface area contributed by atoms with Gasteiger partial charge in [-0.3, -0.25) is 0 Å². The number of rotatable bonds is 5. The summed E-state index contributed by atoms with van der Waals surface area (Å²) in [5.41, 5.74) is 2.09. The molecule has 2 rings (SSSR count). The number of aryl methyl sites for hydroxylation is 1. The zero-order valence-electron chi connectivity index (χ0n) is 10.7. The second-order valence-corrected chi connectivity index (χ2v) is 4.35. The largest absolute Gasteiger partial charge is 0.349 e. The fourth-order valence-electron chi connectivity index (χ4n) is 2.17. The number of hydrogen-bond acceptors (Lipinski definition) is 2. The van der Waals surface area contributed by atoms with Crippen LogP contribution in [0.4, 0.5) is 4.39 Å². The van der Waals surface area contributed by atoms with Gasteiger partial charge in [-0.15, -0.1) is 0 Å². The second kappa shape index (κ2) is 5.78. The molecule has 0 saturated heterocycles. The predicted molar refractivity (Wildman–Crippen MR) is 69.8 cm³/mol. The van der Waals surface area contributed by atoms with Gasteiger partial charge in [0.15, 0.2) is 0 Å². The summed E-state index contributed by atoms with van der Waals surface area (Å²) in [7, 11) is 0. The number of H-pyrrole nitrogens is 1. The number of aromatic amines is 1. The topological polar surface area (TPSA) is 40.7 Å². The van der Waals surface area contributed by atoms with Gasteiger partial charge in [0.2, 0.25) is 0 Å². The number of hydrogen-bond donors (Lipinski definition) is 2. The third kappa shape index (κ3) is 2.96. The van der Waals surface area contributed by atoms with Gasteiger partial charge >= 0.3 is 0 Å². The van der Waals surface area contributed by atoms with Gasteiger partial charge in [-0.2, -0.15) is 0 Å². The van der Waals surface area contributed by atoms with Crippen LogP contribution in [0.25, 0.3) is 0 Å². The van der Waals surface area contributed by atoms with Crippen LogP contribution in [0.3, 0.4) is 0 Å². The van der Waals surface area contributed by atoms with Crippen molar-refractivity contribution in [2.24, 2.45) is 0 Å². The van der Waals surface area contributed by atoms with Crippen LogP contribution in [-0.2, 0) is 6.42 Å². The Bertz CT molecular complexity index is 494. The van der Waals surface area contributed by atoms with Gasteiger partial charge < -0.3 is 10.3 Å². The van der Waals surface area contributed by atoms with Gasteiger partial charge in [-0.1, -0.05) is 13.0 Å². The Kier molecular flexibility index (Phi) is 4.10. The van der Waals surface area contributed by atoms with Gasteiger partial charge in [0, 0.05) is 24.9 Å². The molecule has 96 valence electrons. The molecular formula is C14H18FN3. The number of benzene rings is 1. The molecule has 0 aliphatic heterocycles. The number of aromatic nitrogens is 2. The van der Waals surface area contributed by atoms with Crippen molar-refractivity contribution < 1.29 is 4.39 Å². The molecule has 1 heterocycles. The molecule has 0 fully saturated rings. The van der Waals surface area contributed by atoms with Crippen LogP contribution in [0.15, 0.2) is 30.6 Å². The zero-order valence-corrected chi connectivity index (χ0v) is 10.7.